The average molecular weight is 280 g/mol. The van der Waals surface area contributed by atoms with E-state index in [2.05, 4.69) is 0 Å². The van der Waals surface area contributed by atoms with Crippen LogP contribution in [0.3, 0.4) is 0 Å². The number of nitrogens with two attached hydrogens (primary N) is 1. The van der Waals surface area contributed by atoms with Gasteiger partial charge in [-0.05, 0) is 12.0 Å². The Morgan fingerprint density at radius 2 is 1.85 bits per heavy atom. The normalized spacial score (nSPS) is 12.2. The number of nitrogens with zero attached hydrogens (tertiary/aromatic N) is 1. The lowest BCUT2D eigenvalue weighted by Crippen LogP contribution is -2.45. The van der Waals surface area contributed by atoms with Crippen LogP contribution in [0.25, 0.3) is 0 Å². The van der Waals surface area contributed by atoms with Gasteiger partial charge in [-0.3, -0.25) is 4.79 Å². The molecule has 1 rings (SSSR count). The second-order valence-corrected chi connectivity index (χ2v) is 4.63. The third-order valence-corrected chi connectivity index (χ3v) is 3.04. The van der Waals surface area contributed by atoms with E-state index in [0.717, 1.165) is 5.56 Å². The maximum Gasteiger partial charge on any atom is 0.239 e. The van der Waals surface area contributed by atoms with Crippen LogP contribution < -0.4 is 5.73 Å². The van der Waals surface area contributed by atoms with E-state index in [-0.39, 0.29) is 5.91 Å². The molecule has 0 aliphatic rings. The highest BCUT2D eigenvalue weighted by atomic mass is 16.5. The molecule has 20 heavy (non-hydrogen) atoms. The molecule has 0 spiro atoms. The molecule has 1 aromatic rings. The summed E-state index contributed by atoms with van der Waals surface area (Å²) in [5.41, 5.74) is 7.00. The molecule has 1 aromatic carbocycles. The van der Waals surface area contributed by atoms with Gasteiger partial charge in [0.05, 0.1) is 12.6 Å². The van der Waals surface area contributed by atoms with Gasteiger partial charge in [0.15, 0.2) is 0 Å². The highest BCUT2D eigenvalue weighted by molar-refractivity contribution is 5.81. The van der Waals surface area contributed by atoms with Crippen molar-refractivity contribution in [2.75, 3.05) is 34.0 Å². The van der Waals surface area contributed by atoms with Crippen molar-refractivity contribution in [2.24, 2.45) is 5.73 Å². The molecule has 0 fully saturated rings. The van der Waals surface area contributed by atoms with Gasteiger partial charge in [0.1, 0.15) is 0 Å². The van der Waals surface area contributed by atoms with Gasteiger partial charge in [-0.25, -0.2) is 0 Å². The minimum atomic E-state index is -0.532. The maximum absolute atomic E-state index is 12.3. The predicted molar refractivity (Wildman–Crippen MR) is 78.2 cm³/mol. The van der Waals surface area contributed by atoms with E-state index in [1.165, 1.54) is 0 Å². The monoisotopic (exact) mass is 280 g/mol. The fraction of sp³-hybridized carbons (Fsp3) is 0.533. The number of carbonyl (C=O) groups excluding carboxylic acids is 1. The van der Waals surface area contributed by atoms with Gasteiger partial charge >= 0.3 is 0 Å². The van der Waals surface area contributed by atoms with E-state index >= 15 is 0 Å². The van der Waals surface area contributed by atoms with Crippen LogP contribution in [0, 0.1) is 0 Å². The molecular weight excluding hydrogens is 256 g/mol. The van der Waals surface area contributed by atoms with Gasteiger partial charge < -0.3 is 20.1 Å². The van der Waals surface area contributed by atoms with Crippen LogP contribution in [0.4, 0.5) is 0 Å². The summed E-state index contributed by atoms with van der Waals surface area (Å²) in [5, 5.41) is 0. The molecule has 0 saturated carbocycles. The second-order valence-electron chi connectivity index (χ2n) is 4.63. The van der Waals surface area contributed by atoms with Crippen molar-refractivity contribution in [3.63, 3.8) is 0 Å². The van der Waals surface area contributed by atoms with E-state index in [9.17, 15) is 4.79 Å². The standard InChI is InChI=1S/C15H24N2O3/c1-19-10-8-14(16)15(18)17(9-11-20-2)12-13-6-4-3-5-7-13/h3-7,14H,8-12,16H2,1-2H3. The Balaban J connectivity index is 2.65. The molecule has 112 valence electrons. The van der Waals surface area contributed by atoms with Crippen molar-refractivity contribution in [3.8, 4) is 0 Å². The smallest absolute Gasteiger partial charge is 0.239 e. The lowest BCUT2D eigenvalue weighted by Gasteiger charge is -2.25. The van der Waals surface area contributed by atoms with Crippen molar-refractivity contribution < 1.29 is 14.3 Å². The molecule has 5 nitrogen and oxygen atoms in total. The molecule has 0 aliphatic carbocycles. The summed E-state index contributed by atoms with van der Waals surface area (Å²) >= 11 is 0. The maximum atomic E-state index is 12.3. The first-order valence-corrected chi connectivity index (χ1v) is 6.75. The van der Waals surface area contributed by atoms with E-state index in [1.54, 1.807) is 19.1 Å². The largest absolute Gasteiger partial charge is 0.385 e. The Bertz CT molecular complexity index is 384. The van der Waals surface area contributed by atoms with Gasteiger partial charge in [-0.2, -0.15) is 0 Å². The summed E-state index contributed by atoms with van der Waals surface area (Å²) in [4.78, 5) is 14.1. The van der Waals surface area contributed by atoms with E-state index in [0.29, 0.717) is 32.7 Å². The van der Waals surface area contributed by atoms with E-state index in [4.69, 9.17) is 15.2 Å². The van der Waals surface area contributed by atoms with Crippen molar-refractivity contribution in [2.45, 2.75) is 19.0 Å². The highest BCUT2D eigenvalue weighted by Crippen LogP contribution is 2.07. The number of hydrogen-bond acceptors (Lipinski definition) is 4. The molecule has 0 bridgehead atoms. The number of benzene rings is 1. The fourth-order valence-corrected chi connectivity index (χ4v) is 1.88. The van der Waals surface area contributed by atoms with Crippen LogP contribution in [0.2, 0.25) is 0 Å². The third-order valence-electron chi connectivity index (χ3n) is 3.04. The minimum absolute atomic E-state index is 0.0667. The Morgan fingerprint density at radius 1 is 1.20 bits per heavy atom. The second kappa shape index (κ2) is 9.47. The van der Waals surface area contributed by atoms with Crippen LogP contribution in [0.15, 0.2) is 30.3 Å². The van der Waals surface area contributed by atoms with Crippen molar-refractivity contribution in [1.82, 2.24) is 4.90 Å². The Kier molecular flexibility index (Phi) is 7.87. The highest BCUT2D eigenvalue weighted by Gasteiger charge is 2.20. The van der Waals surface area contributed by atoms with Gasteiger partial charge in [-0.1, -0.05) is 30.3 Å². The molecule has 1 atom stereocenters. The van der Waals surface area contributed by atoms with Crippen LogP contribution >= 0.6 is 0 Å². The molecule has 0 saturated heterocycles. The molecule has 0 heterocycles. The molecular formula is C15H24N2O3. The molecule has 0 radical (unpaired) electrons. The number of carbonyl (C=O) groups is 1. The summed E-state index contributed by atoms with van der Waals surface area (Å²) in [7, 11) is 3.22. The van der Waals surface area contributed by atoms with Crippen LogP contribution in [-0.2, 0) is 20.8 Å². The molecule has 5 heteroatoms. The van der Waals surface area contributed by atoms with Gasteiger partial charge in [-0.15, -0.1) is 0 Å². The zero-order chi connectivity index (χ0) is 14.8. The predicted octanol–water partition coefficient (Wildman–Crippen LogP) is 1.03. The first-order valence-electron chi connectivity index (χ1n) is 6.75. The van der Waals surface area contributed by atoms with E-state index in [1.807, 2.05) is 30.3 Å². The molecule has 2 N–H and O–H groups in total. The quantitative estimate of drug-likeness (QED) is 0.733. The Morgan fingerprint density at radius 3 is 2.45 bits per heavy atom. The number of hydrogen-bond donors (Lipinski definition) is 1. The lowest BCUT2D eigenvalue weighted by molar-refractivity contribution is -0.134. The van der Waals surface area contributed by atoms with Crippen molar-refractivity contribution in [1.29, 1.82) is 0 Å². The SMILES string of the molecule is COCCC(N)C(=O)N(CCOC)Cc1ccccc1. The Labute approximate surface area is 120 Å². The zero-order valence-electron chi connectivity index (χ0n) is 12.2. The summed E-state index contributed by atoms with van der Waals surface area (Å²) in [6.07, 6.45) is 0.521. The van der Waals surface area contributed by atoms with Gasteiger partial charge in [0.2, 0.25) is 5.91 Å². The number of ether oxygens (including phenoxy) is 2. The van der Waals surface area contributed by atoms with Crippen LogP contribution in [0.1, 0.15) is 12.0 Å². The molecule has 1 unspecified atom stereocenters. The summed E-state index contributed by atoms with van der Waals surface area (Å²) in [6.45, 7) is 2.06. The van der Waals surface area contributed by atoms with Crippen molar-refractivity contribution in [3.05, 3.63) is 35.9 Å². The first kappa shape index (κ1) is 16.6. The van der Waals surface area contributed by atoms with Gasteiger partial charge in [0, 0.05) is 33.9 Å². The number of rotatable bonds is 9. The summed E-state index contributed by atoms with van der Waals surface area (Å²) in [6, 6.07) is 9.32. The number of amides is 1. The van der Waals surface area contributed by atoms with Crippen molar-refractivity contribution >= 4 is 5.91 Å². The Hall–Kier alpha value is -1.43. The van der Waals surface area contributed by atoms with Crippen LogP contribution in [-0.4, -0.2) is 50.8 Å². The fourth-order valence-electron chi connectivity index (χ4n) is 1.88. The lowest BCUT2D eigenvalue weighted by atomic mass is 10.1. The average Bonchev–Trinajstić information content (AvgIpc) is 2.49. The summed E-state index contributed by atoms with van der Waals surface area (Å²) in [5.74, 6) is -0.0667. The molecule has 0 aliphatic heterocycles. The number of methoxy groups -OCH3 is 2. The summed E-state index contributed by atoms with van der Waals surface area (Å²) < 4.78 is 10.0. The zero-order valence-corrected chi connectivity index (χ0v) is 12.2. The topological polar surface area (TPSA) is 64.8 Å². The minimum Gasteiger partial charge on any atom is -0.385 e. The molecule has 1 amide bonds. The molecule has 0 aromatic heterocycles. The van der Waals surface area contributed by atoms with Crippen LogP contribution in [0.5, 0.6) is 0 Å². The van der Waals surface area contributed by atoms with Gasteiger partial charge in [0.25, 0.3) is 0 Å². The van der Waals surface area contributed by atoms with E-state index < -0.39 is 6.04 Å². The first-order chi connectivity index (χ1) is 9.69. The third kappa shape index (κ3) is 5.69.